The summed E-state index contributed by atoms with van der Waals surface area (Å²) in [4.78, 5) is 6.55. The molecule has 1 aromatic carbocycles. The monoisotopic (exact) mass is 256 g/mol. The van der Waals surface area contributed by atoms with Crippen molar-refractivity contribution in [1.29, 1.82) is 0 Å². The summed E-state index contributed by atoms with van der Waals surface area (Å²) in [5.41, 5.74) is 2.29. The van der Waals surface area contributed by atoms with Crippen molar-refractivity contribution in [2.24, 2.45) is 0 Å². The predicted octanol–water partition coefficient (Wildman–Crippen LogP) is 2.44. The van der Waals surface area contributed by atoms with Crippen molar-refractivity contribution in [3.05, 3.63) is 53.9 Å². The van der Waals surface area contributed by atoms with E-state index >= 15 is 0 Å². The second-order valence-corrected chi connectivity index (χ2v) is 4.68. The van der Waals surface area contributed by atoms with Gasteiger partial charge in [-0.2, -0.15) is 0 Å². The van der Waals surface area contributed by atoms with E-state index in [4.69, 9.17) is 9.47 Å². The minimum absolute atomic E-state index is 0.322. The van der Waals surface area contributed by atoms with Gasteiger partial charge in [-0.1, -0.05) is 12.1 Å². The molecule has 0 unspecified atom stereocenters. The number of hydrogen-bond donors (Lipinski definition) is 0. The Morgan fingerprint density at radius 3 is 2.84 bits per heavy atom. The minimum atomic E-state index is 0.322. The van der Waals surface area contributed by atoms with Crippen LogP contribution in [0.25, 0.3) is 0 Å². The summed E-state index contributed by atoms with van der Waals surface area (Å²) in [5, 5.41) is 0. The van der Waals surface area contributed by atoms with Crippen LogP contribution in [0.1, 0.15) is 11.3 Å². The lowest BCUT2D eigenvalue weighted by molar-refractivity contribution is 0.174. The van der Waals surface area contributed by atoms with E-state index in [1.54, 1.807) is 0 Å². The summed E-state index contributed by atoms with van der Waals surface area (Å²) >= 11 is 0. The highest BCUT2D eigenvalue weighted by Crippen LogP contribution is 2.32. The van der Waals surface area contributed by atoms with Crippen molar-refractivity contribution in [2.75, 3.05) is 13.8 Å². The molecule has 4 heteroatoms. The SMILES string of the molecule is CN(Cc1ccc2c(c1)OCO2)Cc1ccccn1. The molecule has 0 amide bonds. The zero-order chi connectivity index (χ0) is 13.1. The fraction of sp³-hybridized carbons (Fsp3) is 0.267. The zero-order valence-electron chi connectivity index (χ0n) is 10.9. The van der Waals surface area contributed by atoms with Gasteiger partial charge in [-0.15, -0.1) is 0 Å². The van der Waals surface area contributed by atoms with Crippen molar-refractivity contribution in [3.8, 4) is 11.5 Å². The van der Waals surface area contributed by atoms with Crippen LogP contribution in [0.3, 0.4) is 0 Å². The Morgan fingerprint density at radius 2 is 2.00 bits per heavy atom. The molecular formula is C15H16N2O2. The molecule has 3 rings (SSSR count). The maximum Gasteiger partial charge on any atom is 0.231 e. The van der Waals surface area contributed by atoms with Crippen molar-refractivity contribution in [2.45, 2.75) is 13.1 Å². The smallest absolute Gasteiger partial charge is 0.231 e. The van der Waals surface area contributed by atoms with Gasteiger partial charge in [0.05, 0.1) is 5.69 Å². The van der Waals surface area contributed by atoms with Gasteiger partial charge in [-0.3, -0.25) is 9.88 Å². The van der Waals surface area contributed by atoms with Crippen LogP contribution in [0.4, 0.5) is 0 Å². The van der Waals surface area contributed by atoms with Crippen LogP contribution in [-0.2, 0) is 13.1 Å². The largest absolute Gasteiger partial charge is 0.454 e. The molecule has 1 aliphatic rings. The van der Waals surface area contributed by atoms with Crippen molar-refractivity contribution < 1.29 is 9.47 Å². The fourth-order valence-corrected chi connectivity index (χ4v) is 2.18. The number of rotatable bonds is 4. The molecule has 0 saturated heterocycles. The van der Waals surface area contributed by atoms with E-state index in [2.05, 4.69) is 23.0 Å². The molecule has 98 valence electrons. The highest BCUT2D eigenvalue weighted by Gasteiger charge is 2.13. The van der Waals surface area contributed by atoms with Gasteiger partial charge in [0.1, 0.15) is 0 Å². The quantitative estimate of drug-likeness (QED) is 0.841. The number of benzene rings is 1. The van der Waals surface area contributed by atoms with Gasteiger partial charge in [0.25, 0.3) is 0 Å². The Morgan fingerprint density at radius 1 is 1.11 bits per heavy atom. The van der Waals surface area contributed by atoms with Crippen molar-refractivity contribution in [1.82, 2.24) is 9.88 Å². The average Bonchev–Trinajstić information content (AvgIpc) is 2.87. The summed E-state index contributed by atoms with van der Waals surface area (Å²) in [6.07, 6.45) is 1.82. The molecule has 0 radical (unpaired) electrons. The fourth-order valence-electron chi connectivity index (χ4n) is 2.18. The normalized spacial score (nSPS) is 12.9. The first-order valence-corrected chi connectivity index (χ1v) is 6.28. The Bertz CT molecular complexity index is 557. The number of hydrogen-bond acceptors (Lipinski definition) is 4. The highest BCUT2D eigenvalue weighted by atomic mass is 16.7. The Kier molecular flexibility index (Phi) is 3.33. The van der Waals surface area contributed by atoms with Gasteiger partial charge in [0.15, 0.2) is 11.5 Å². The van der Waals surface area contributed by atoms with Crippen LogP contribution in [0, 0.1) is 0 Å². The average molecular weight is 256 g/mol. The number of pyridine rings is 1. The number of aromatic nitrogens is 1. The third-order valence-corrected chi connectivity index (χ3v) is 3.05. The van der Waals surface area contributed by atoms with E-state index in [-0.39, 0.29) is 0 Å². The van der Waals surface area contributed by atoms with Crippen LogP contribution in [0.2, 0.25) is 0 Å². The van der Waals surface area contributed by atoms with Crippen LogP contribution < -0.4 is 9.47 Å². The van der Waals surface area contributed by atoms with Crippen LogP contribution in [0.5, 0.6) is 11.5 Å². The molecule has 0 fully saturated rings. The third kappa shape index (κ3) is 2.85. The van der Waals surface area contributed by atoms with Gasteiger partial charge in [-0.05, 0) is 36.9 Å². The van der Waals surface area contributed by atoms with E-state index < -0.39 is 0 Å². The van der Waals surface area contributed by atoms with Crippen LogP contribution in [0.15, 0.2) is 42.6 Å². The molecule has 19 heavy (non-hydrogen) atoms. The molecule has 0 spiro atoms. The topological polar surface area (TPSA) is 34.6 Å². The number of nitrogens with zero attached hydrogens (tertiary/aromatic N) is 2. The number of ether oxygens (including phenoxy) is 2. The Labute approximate surface area is 112 Å². The first-order valence-electron chi connectivity index (χ1n) is 6.28. The zero-order valence-corrected chi connectivity index (χ0v) is 10.9. The third-order valence-electron chi connectivity index (χ3n) is 3.05. The van der Waals surface area contributed by atoms with Crippen LogP contribution >= 0.6 is 0 Å². The molecule has 0 bridgehead atoms. The van der Waals surface area contributed by atoms with Gasteiger partial charge in [0.2, 0.25) is 6.79 Å². The maximum atomic E-state index is 5.39. The van der Waals surface area contributed by atoms with Gasteiger partial charge < -0.3 is 9.47 Å². The molecule has 2 heterocycles. The van der Waals surface area contributed by atoms with Crippen molar-refractivity contribution >= 4 is 0 Å². The summed E-state index contributed by atoms with van der Waals surface area (Å²) < 4.78 is 10.7. The lowest BCUT2D eigenvalue weighted by Crippen LogP contribution is -2.17. The molecular weight excluding hydrogens is 240 g/mol. The summed E-state index contributed by atoms with van der Waals surface area (Å²) in [7, 11) is 2.08. The minimum Gasteiger partial charge on any atom is -0.454 e. The molecule has 0 N–H and O–H groups in total. The molecule has 0 saturated carbocycles. The lowest BCUT2D eigenvalue weighted by atomic mass is 10.2. The summed E-state index contributed by atoms with van der Waals surface area (Å²) in [6, 6.07) is 12.1. The van der Waals surface area contributed by atoms with E-state index in [0.717, 1.165) is 30.3 Å². The van der Waals surface area contributed by atoms with E-state index in [9.17, 15) is 0 Å². The Hall–Kier alpha value is -2.07. The van der Waals surface area contributed by atoms with E-state index in [1.165, 1.54) is 5.56 Å². The first-order chi connectivity index (χ1) is 9.31. The highest BCUT2D eigenvalue weighted by molar-refractivity contribution is 5.44. The molecule has 2 aromatic rings. The molecule has 1 aromatic heterocycles. The first kappa shape index (κ1) is 12.0. The van der Waals surface area contributed by atoms with Gasteiger partial charge in [0, 0.05) is 19.3 Å². The Balaban J connectivity index is 1.65. The lowest BCUT2D eigenvalue weighted by Gasteiger charge is -2.16. The van der Waals surface area contributed by atoms with Gasteiger partial charge >= 0.3 is 0 Å². The summed E-state index contributed by atoms with van der Waals surface area (Å²) in [6.45, 7) is 2.01. The second-order valence-electron chi connectivity index (χ2n) is 4.68. The standard InChI is InChI=1S/C15H16N2O2/c1-17(10-13-4-2-3-7-16-13)9-12-5-6-14-15(8-12)19-11-18-14/h2-8H,9-11H2,1H3. The predicted molar refractivity (Wildman–Crippen MR) is 72.0 cm³/mol. The molecule has 4 nitrogen and oxygen atoms in total. The van der Waals surface area contributed by atoms with Crippen molar-refractivity contribution in [3.63, 3.8) is 0 Å². The maximum absolute atomic E-state index is 5.39. The van der Waals surface area contributed by atoms with E-state index in [1.807, 2.05) is 36.5 Å². The number of fused-ring (bicyclic) bond motifs is 1. The van der Waals surface area contributed by atoms with Crippen LogP contribution in [-0.4, -0.2) is 23.7 Å². The molecule has 0 aliphatic carbocycles. The molecule has 1 aliphatic heterocycles. The molecule has 0 atom stereocenters. The second kappa shape index (κ2) is 5.28. The van der Waals surface area contributed by atoms with Gasteiger partial charge in [-0.25, -0.2) is 0 Å². The summed E-state index contributed by atoms with van der Waals surface area (Å²) in [5.74, 6) is 1.67. The van der Waals surface area contributed by atoms with E-state index in [0.29, 0.717) is 6.79 Å².